The summed E-state index contributed by atoms with van der Waals surface area (Å²) < 4.78 is 55.8. The van der Waals surface area contributed by atoms with Crippen molar-refractivity contribution >= 4 is 35.3 Å². The van der Waals surface area contributed by atoms with Crippen LogP contribution in [0.25, 0.3) is 0 Å². The lowest BCUT2D eigenvalue weighted by Gasteiger charge is -2.23. The number of benzene rings is 5. The van der Waals surface area contributed by atoms with Gasteiger partial charge in [0.25, 0.3) is 5.91 Å². The Morgan fingerprint density at radius 2 is 1.18 bits per heavy atom. The number of allylic oxidation sites excluding steroid dienone is 1. The van der Waals surface area contributed by atoms with Crippen molar-refractivity contribution in [1.82, 2.24) is 5.32 Å². The van der Waals surface area contributed by atoms with Gasteiger partial charge in [0.05, 0.1) is 35.7 Å². The fourth-order valence-corrected chi connectivity index (χ4v) is 6.04. The number of hydrogen-bond donors (Lipinski definition) is 3. The lowest BCUT2D eigenvalue weighted by atomic mass is 9.96. The van der Waals surface area contributed by atoms with E-state index in [4.69, 9.17) is 23.7 Å². The van der Waals surface area contributed by atoms with Crippen LogP contribution in [-0.2, 0) is 38.8 Å². The fraction of sp³-hybridized carbons (Fsp3) is 0.208. The van der Waals surface area contributed by atoms with Gasteiger partial charge in [-0.15, -0.1) is 0 Å². The van der Waals surface area contributed by atoms with Crippen molar-refractivity contribution in [3.63, 3.8) is 0 Å². The van der Waals surface area contributed by atoms with Crippen LogP contribution < -0.4 is 25.4 Å². The molecule has 0 saturated carbocycles. The minimum absolute atomic E-state index is 0.00784. The van der Waals surface area contributed by atoms with Crippen molar-refractivity contribution in [2.75, 3.05) is 17.7 Å². The Balaban J connectivity index is 1.23. The first kappa shape index (κ1) is 44.1. The average molecular weight is 846 g/mol. The first-order valence-electron chi connectivity index (χ1n) is 19.5. The Morgan fingerprint density at radius 3 is 1.76 bits per heavy atom. The largest absolute Gasteiger partial charge is 0.487 e. The van der Waals surface area contributed by atoms with E-state index in [1.807, 2.05) is 30.3 Å². The third kappa shape index (κ3) is 12.5. The number of carbonyl (C=O) groups is 4. The summed E-state index contributed by atoms with van der Waals surface area (Å²) in [6.45, 7) is 5.35. The van der Waals surface area contributed by atoms with Crippen LogP contribution in [0.15, 0.2) is 139 Å². The van der Waals surface area contributed by atoms with Crippen LogP contribution in [0.5, 0.6) is 11.5 Å². The Hall–Kier alpha value is -7.48. The molecule has 14 heteroatoms. The van der Waals surface area contributed by atoms with Crippen molar-refractivity contribution < 1.29 is 51.6 Å². The van der Waals surface area contributed by atoms with E-state index in [9.17, 15) is 28.0 Å². The quantitative estimate of drug-likeness (QED) is 0.0876. The summed E-state index contributed by atoms with van der Waals surface area (Å²) in [5, 5.41) is 8.44. The Labute approximate surface area is 357 Å². The number of nitrogens with one attached hydrogen (secondary N) is 3. The number of hydrogen-bond acceptors (Lipinski definition) is 9. The number of esters is 1. The van der Waals surface area contributed by atoms with Gasteiger partial charge in [-0.2, -0.15) is 0 Å². The third-order valence-electron chi connectivity index (χ3n) is 9.17. The molecule has 5 aromatic carbocycles. The number of carbonyl (C=O) groups excluding carboxylic acids is 4. The molecule has 62 heavy (non-hydrogen) atoms. The number of anilines is 2. The van der Waals surface area contributed by atoms with Gasteiger partial charge in [0.15, 0.2) is 0 Å². The van der Waals surface area contributed by atoms with E-state index in [-0.39, 0.29) is 71.7 Å². The second-order valence-corrected chi connectivity index (χ2v) is 15.1. The molecule has 1 aliphatic rings. The maximum absolute atomic E-state index is 13.9. The van der Waals surface area contributed by atoms with Gasteiger partial charge >= 0.3 is 12.1 Å². The molecule has 3 N–H and O–H groups in total. The first-order chi connectivity index (χ1) is 29.7. The highest BCUT2D eigenvalue weighted by Gasteiger charge is 2.26. The van der Waals surface area contributed by atoms with E-state index >= 15 is 0 Å². The molecule has 0 saturated heterocycles. The standard InChI is InChI=1S/C48H45F2N3O9/c1-48(2,3)62-47(57)53-40-22-15-34(25-42(40)59-27-30-8-6-5-7-9-30)45(55)51-38-21-14-33(24-41(38)60-28-31-10-17-36(49)18-11-31)44(54)52-39-23-16-35(46(56)58-4)26-43(39)61-29-32-12-19-37(50)20-13-32/h5-13,15-26,33H,14,27-29H2,1-4H3,(H,51,55)(H,52,54)(H,53,57). The monoisotopic (exact) mass is 845 g/mol. The average Bonchev–Trinajstić information content (AvgIpc) is 3.25. The maximum atomic E-state index is 13.9. The molecule has 320 valence electrons. The molecule has 1 unspecified atom stereocenters. The van der Waals surface area contributed by atoms with E-state index in [0.717, 1.165) is 5.56 Å². The molecule has 0 bridgehead atoms. The molecule has 1 atom stereocenters. The molecule has 0 aliphatic heterocycles. The molecule has 3 amide bonds. The molecule has 0 aromatic heterocycles. The molecule has 0 spiro atoms. The Kier molecular flexibility index (Phi) is 14.4. The van der Waals surface area contributed by atoms with Crippen LogP contribution in [0.3, 0.4) is 0 Å². The highest BCUT2D eigenvalue weighted by Crippen LogP contribution is 2.32. The molecule has 0 fully saturated rings. The van der Waals surface area contributed by atoms with E-state index in [1.165, 1.54) is 67.8 Å². The summed E-state index contributed by atoms with van der Waals surface area (Å²) in [4.78, 5) is 52.9. The van der Waals surface area contributed by atoms with Crippen molar-refractivity contribution in [2.24, 2.45) is 5.92 Å². The van der Waals surface area contributed by atoms with E-state index in [2.05, 4.69) is 16.0 Å². The second-order valence-electron chi connectivity index (χ2n) is 15.1. The molecular weight excluding hydrogens is 801 g/mol. The predicted octanol–water partition coefficient (Wildman–Crippen LogP) is 9.63. The summed E-state index contributed by atoms with van der Waals surface area (Å²) in [5.74, 6) is -2.70. The summed E-state index contributed by atoms with van der Waals surface area (Å²) in [5.41, 5.74) is 2.56. The predicted molar refractivity (Wildman–Crippen MR) is 227 cm³/mol. The van der Waals surface area contributed by atoms with Crippen LogP contribution in [-0.4, -0.2) is 36.6 Å². The van der Waals surface area contributed by atoms with Gasteiger partial charge in [0, 0.05) is 5.56 Å². The van der Waals surface area contributed by atoms with Crippen molar-refractivity contribution in [2.45, 2.75) is 52.6 Å². The van der Waals surface area contributed by atoms with Crippen LogP contribution >= 0.6 is 0 Å². The smallest absolute Gasteiger partial charge is 0.412 e. The molecule has 12 nitrogen and oxygen atoms in total. The number of methoxy groups -OCH3 is 1. The topological polar surface area (TPSA) is 151 Å². The second kappa shape index (κ2) is 20.2. The zero-order valence-corrected chi connectivity index (χ0v) is 34.5. The summed E-state index contributed by atoms with van der Waals surface area (Å²) in [6.07, 6.45) is 2.66. The lowest BCUT2D eigenvalue weighted by Crippen LogP contribution is -2.29. The minimum Gasteiger partial charge on any atom is -0.487 e. The van der Waals surface area contributed by atoms with Crippen molar-refractivity contribution in [3.8, 4) is 11.5 Å². The minimum atomic E-state index is -0.805. The fourth-order valence-electron chi connectivity index (χ4n) is 6.04. The molecule has 0 radical (unpaired) electrons. The highest BCUT2D eigenvalue weighted by atomic mass is 19.1. The summed E-state index contributed by atoms with van der Waals surface area (Å²) in [6, 6.07) is 29.7. The summed E-state index contributed by atoms with van der Waals surface area (Å²) in [7, 11) is 1.24. The van der Waals surface area contributed by atoms with E-state index < -0.39 is 47.0 Å². The van der Waals surface area contributed by atoms with Gasteiger partial charge in [-0.05, 0) is 111 Å². The Bertz CT molecular complexity index is 2470. The van der Waals surface area contributed by atoms with Crippen LogP contribution in [0, 0.1) is 17.6 Å². The van der Waals surface area contributed by atoms with Gasteiger partial charge in [-0.1, -0.05) is 60.7 Å². The van der Waals surface area contributed by atoms with Crippen LogP contribution in [0.1, 0.15) is 64.6 Å². The molecule has 0 heterocycles. The van der Waals surface area contributed by atoms with Gasteiger partial charge in [-0.25, -0.2) is 18.4 Å². The highest BCUT2D eigenvalue weighted by molar-refractivity contribution is 5.99. The van der Waals surface area contributed by atoms with Gasteiger partial charge < -0.3 is 34.3 Å². The van der Waals surface area contributed by atoms with Gasteiger partial charge in [0.2, 0.25) is 5.91 Å². The molecule has 1 aliphatic carbocycles. The molecule has 6 rings (SSSR count). The molecule has 5 aromatic rings. The molecular formula is C48H45F2N3O9. The van der Waals surface area contributed by atoms with E-state index in [1.54, 1.807) is 57.2 Å². The Morgan fingerprint density at radius 1 is 0.645 bits per heavy atom. The van der Waals surface area contributed by atoms with Gasteiger partial charge in [0.1, 0.15) is 54.3 Å². The lowest BCUT2D eigenvalue weighted by molar-refractivity contribution is -0.118. The normalized spacial score (nSPS) is 13.4. The van der Waals surface area contributed by atoms with Crippen LogP contribution in [0.2, 0.25) is 0 Å². The SMILES string of the molecule is COC(=O)c1ccc(NC(=O)C2C=C(OCc3ccc(F)cc3)C(NC(=O)c3ccc(NC(=O)OC(C)(C)C)c(OCc4ccccc4)c3)=CC2)c(OCc2ccc(F)cc2)c1. The van der Waals surface area contributed by atoms with E-state index in [0.29, 0.717) is 11.1 Å². The zero-order chi connectivity index (χ0) is 44.2. The number of rotatable bonds is 15. The van der Waals surface area contributed by atoms with Gasteiger partial charge in [-0.3, -0.25) is 14.9 Å². The van der Waals surface area contributed by atoms with Crippen molar-refractivity contribution in [1.29, 1.82) is 0 Å². The van der Waals surface area contributed by atoms with Crippen molar-refractivity contribution in [3.05, 3.63) is 178 Å². The van der Waals surface area contributed by atoms with Crippen LogP contribution in [0.4, 0.5) is 25.0 Å². The number of amides is 3. The number of ether oxygens (including phenoxy) is 5. The zero-order valence-electron chi connectivity index (χ0n) is 34.5. The maximum Gasteiger partial charge on any atom is 0.412 e. The first-order valence-corrected chi connectivity index (χ1v) is 19.5. The summed E-state index contributed by atoms with van der Waals surface area (Å²) >= 11 is 0. The number of halogens is 2. The third-order valence-corrected chi connectivity index (χ3v) is 9.17.